The fourth-order valence-electron chi connectivity index (χ4n) is 1.29. The summed E-state index contributed by atoms with van der Waals surface area (Å²) in [4.78, 5) is 3.90. The fourth-order valence-corrected chi connectivity index (χ4v) is 1.93. The van der Waals surface area contributed by atoms with Crippen molar-refractivity contribution in [2.75, 3.05) is 0 Å². The zero-order valence-electron chi connectivity index (χ0n) is 8.96. The van der Waals surface area contributed by atoms with Gasteiger partial charge in [-0.25, -0.2) is 9.37 Å². The molecule has 0 radical (unpaired) electrons. The van der Waals surface area contributed by atoms with E-state index in [0.29, 0.717) is 21.5 Å². The Bertz CT molecular complexity index is 526. The first kappa shape index (κ1) is 13.4. The highest BCUT2D eigenvalue weighted by Gasteiger charge is 2.06. The van der Waals surface area contributed by atoms with Crippen LogP contribution in [0.5, 0.6) is 5.75 Å². The van der Waals surface area contributed by atoms with Gasteiger partial charge in [-0.3, -0.25) is 0 Å². The molecule has 0 aliphatic heterocycles. The third-order valence-corrected chi connectivity index (χ3v) is 3.03. The van der Waals surface area contributed by atoms with Crippen LogP contribution in [-0.4, -0.2) is 4.98 Å². The van der Waals surface area contributed by atoms with Crippen LogP contribution in [-0.2, 0) is 6.61 Å². The van der Waals surface area contributed by atoms with E-state index >= 15 is 0 Å². The first-order valence-corrected chi connectivity index (χ1v) is 6.07. The highest BCUT2D eigenvalue weighted by molar-refractivity contribution is 6.34. The van der Waals surface area contributed by atoms with Crippen LogP contribution < -0.4 is 4.74 Å². The van der Waals surface area contributed by atoms with Crippen LogP contribution >= 0.6 is 34.8 Å². The summed E-state index contributed by atoms with van der Waals surface area (Å²) < 4.78 is 18.3. The Balaban J connectivity index is 2.11. The van der Waals surface area contributed by atoms with Gasteiger partial charge in [0.1, 0.15) is 23.3 Å². The van der Waals surface area contributed by atoms with Gasteiger partial charge in [0.25, 0.3) is 0 Å². The Morgan fingerprint density at radius 1 is 1.11 bits per heavy atom. The highest BCUT2D eigenvalue weighted by atomic mass is 35.5. The summed E-state index contributed by atoms with van der Waals surface area (Å²) in [6.07, 6.45) is 1.52. The quantitative estimate of drug-likeness (QED) is 0.763. The van der Waals surface area contributed by atoms with Crippen molar-refractivity contribution in [1.29, 1.82) is 0 Å². The molecule has 6 heteroatoms. The van der Waals surface area contributed by atoms with Crippen LogP contribution in [0.1, 0.15) is 5.56 Å². The van der Waals surface area contributed by atoms with Gasteiger partial charge in [-0.2, -0.15) is 0 Å². The summed E-state index contributed by atoms with van der Waals surface area (Å²) in [7, 11) is 0. The van der Waals surface area contributed by atoms with Crippen molar-refractivity contribution in [2.24, 2.45) is 0 Å². The molecule has 2 nitrogen and oxygen atoms in total. The van der Waals surface area contributed by atoms with E-state index in [9.17, 15) is 4.39 Å². The van der Waals surface area contributed by atoms with Crippen LogP contribution in [0, 0.1) is 5.82 Å². The minimum atomic E-state index is -0.418. The average Bonchev–Trinajstić information content (AvgIpc) is 2.30. The Kier molecular flexibility index (Phi) is 4.27. The number of hydrogen-bond donors (Lipinski definition) is 0. The molecule has 0 aliphatic rings. The summed E-state index contributed by atoms with van der Waals surface area (Å²) in [6.45, 7) is 0.175. The van der Waals surface area contributed by atoms with Crippen molar-refractivity contribution in [1.82, 2.24) is 4.98 Å². The van der Waals surface area contributed by atoms with Gasteiger partial charge in [0, 0.05) is 11.8 Å². The Morgan fingerprint density at radius 2 is 1.89 bits per heavy atom. The molecule has 0 atom stereocenters. The van der Waals surface area contributed by atoms with Gasteiger partial charge < -0.3 is 4.74 Å². The van der Waals surface area contributed by atoms with E-state index in [1.165, 1.54) is 30.5 Å². The summed E-state index contributed by atoms with van der Waals surface area (Å²) in [5.41, 5.74) is 0.668. The standard InChI is InChI=1S/C12H7Cl3FNO/c13-9-4-12(15)17-5-7(9)6-18-11-2-1-8(16)3-10(11)14/h1-5H,6H2. The lowest BCUT2D eigenvalue weighted by atomic mass is 10.3. The smallest absolute Gasteiger partial charge is 0.138 e. The van der Waals surface area contributed by atoms with Crippen molar-refractivity contribution in [3.05, 3.63) is 57.0 Å². The van der Waals surface area contributed by atoms with Crippen molar-refractivity contribution in [3.63, 3.8) is 0 Å². The Labute approximate surface area is 118 Å². The molecule has 0 spiro atoms. The predicted octanol–water partition coefficient (Wildman–Crippen LogP) is 4.76. The number of nitrogens with zero attached hydrogens (tertiary/aromatic N) is 1. The third kappa shape index (κ3) is 3.25. The molecule has 0 amide bonds. The number of halogens is 4. The second-order valence-corrected chi connectivity index (χ2v) is 4.66. The molecule has 0 bridgehead atoms. The number of aromatic nitrogens is 1. The lowest BCUT2D eigenvalue weighted by molar-refractivity contribution is 0.305. The van der Waals surface area contributed by atoms with Crippen LogP contribution in [0.3, 0.4) is 0 Å². The molecule has 0 unspecified atom stereocenters. The second kappa shape index (κ2) is 5.74. The molecule has 1 heterocycles. The minimum absolute atomic E-state index is 0.175. The maximum absolute atomic E-state index is 12.8. The van der Waals surface area contributed by atoms with E-state index in [1.807, 2.05) is 0 Å². The molecule has 0 saturated heterocycles. The van der Waals surface area contributed by atoms with Gasteiger partial charge in [0.2, 0.25) is 0 Å². The van der Waals surface area contributed by atoms with Crippen LogP contribution in [0.2, 0.25) is 15.2 Å². The predicted molar refractivity (Wildman–Crippen MR) is 70.0 cm³/mol. The maximum Gasteiger partial charge on any atom is 0.138 e. The molecule has 0 aliphatic carbocycles. The molecular formula is C12H7Cl3FNO. The highest BCUT2D eigenvalue weighted by Crippen LogP contribution is 2.27. The van der Waals surface area contributed by atoms with Crippen molar-refractivity contribution < 1.29 is 9.13 Å². The molecule has 94 valence electrons. The molecule has 18 heavy (non-hydrogen) atoms. The topological polar surface area (TPSA) is 22.1 Å². The van der Waals surface area contributed by atoms with Crippen molar-refractivity contribution >= 4 is 34.8 Å². The molecule has 1 aromatic carbocycles. The fraction of sp³-hybridized carbons (Fsp3) is 0.0833. The van der Waals surface area contributed by atoms with Gasteiger partial charge in [-0.05, 0) is 24.3 Å². The van der Waals surface area contributed by atoms with E-state index in [1.54, 1.807) is 0 Å². The first-order valence-electron chi connectivity index (χ1n) is 4.94. The number of benzene rings is 1. The largest absolute Gasteiger partial charge is 0.487 e. The van der Waals surface area contributed by atoms with Crippen LogP contribution in [0.25, 0.3) is 0 Å². The SMILES string of the molecule is Fc1ccc(OCc2cnc(Cl)cc2Cl)c(Cl)c1. The van der Waals surface area contributed by atoms with Crippen molar-refractivity contribution in [2.45, 2.75) is 6.61 Å². The van der Waals surface area contributed by atoms with Gasteiger partial charge in [-0.1, -0.05) is 34.8 Å². The number of hydrogen-bond acceptors (Lipinski definition) is 2. The van der Waals surface area contributed by atoms with E-state index in [0.717, 1.165) is 0 Å². The summed E-state index contributed by atoms with van der Waals surface area (Å²) in [5, 5.41) is 0.963. The van der Waals surface area contributed by atoms with E-state index in [4.69, 9.17) is 39.5 Å². The first-order chi connectivity index (χ1) is 8.56. The summed E-state index contributed by atoms with van der Waals surface area (Å²) in [6, 6.07) is 5.42. The third-order valence-electron chi connectivity index (χ3n) is 2.17. The maximum atomic E-state index is 12.8. The molecule has 2 rings (SSSR count). The zero-order chi connectivity index (χ0) is 13.1. The lowest BCUT2D eigenvalue weighted by Gasteiger charge is -2.09. The summed E-state index contributed by atoms with van der Waals surface area (Å²) in [5.74, 6) is -0.0392. The number of ether oxygens (including phenoxy) is 1. The zero-order valence-corrected chi connectivity index (χ0v) is 11.2. The van der Waals surface area contributed by atoms with E-state index in [-0.39, 0.29) is 11.6 Å². The number of rotatable bonds is 3. The van der Waals surface area contributed by atoms with Gasteiger partial charge >= 0.3 is 0 Å². The second-order valence-electron chi connectivity index (χ2n) is 3.46. The average molecular weight is 307 g/mol. The van der Waals surface area contributed by atoms with Gasteiger partial charge in [0.05, 0.1) is 10.0 Å². The molecule has 2 aromatic rings. The molecule has 0 fully saturated rings. The van der Waals surface area contributed by atoms with Gasteiger partial charge in [-0.15, -0.1) is 0 Å². The lowest BCUT2D eigenvalue weighted by Crippen LogP contribution is -1.98. The monoisotopic (exact) mass is 305 g/mol. The van der Waals surface area contributed by atoms with E-state index < -0.39 is 5.82 Å². The minimum Gasteiger partial charge on any atom is -0.487 e. The van der Waals surface area contributed by atoms with Gasteiger partial charge in [0.15, 0.2) is 0 Å². The van der Waals surface area contributed by atoms with Crippen LogP contribution in [0.15, 0.2) is 30.5 Å². The Hall–Kier alpha value is -1.03. The summed E-state index contributed by atoms with van der Waals surface area (Å²) >= 11 is 17.5. The van der Waals surface area contributed by atoms with E-state index in [2.05, 4.69) is 4.98 Å². The Morgan fingerprint density at radius 3 is 2.56 bits per heavy atom. The molecular weight excluding hydrogens is 299 g/mol. The molecule has 1 aromatic heterocycles. The van der Waals surface area contributed by atoms with Crippen LogP contribution in [0.4, 0.5) is 4.39 Å². The molecule has 0 saturated carbocycles. The number of pyridine rings is 1. The normalized spacial score (nSPS) is 10.4. The molecule has 0 N–H and O–H groups in total. The van der Waals surface area contributed by atoms with Crippen molar-refractivity contribution in [3.8, 4) is 5.75 Å².